The van der Waals surface area contributed by atoms with Crippen molar-refractivity contribution in [3.8, 4) is 0 Å². The van der Waals surface area contributed by atoms with Crippen molar-refractivity contribution < 1.29 is 4.74 Å². The second kappa shape index (κ2) is 6.86. The number of aromatic nitrogens is 2. The minimum Gasteiger partial charge on any atom is -0.377 e. The molecule has 4 nitrogen and oxygen atoms in total. The number of ether oxygens (including phenoxy) is 1. The Kier molecular flexibility index (Phi) is 6.02. The van der Waals surface area contributed by atoms with Gasteiger partial charge in [-0.05, 0) is 56.6 Å². The van der Waals surface area contributed by atoms with Gasteiger partial charge >= 0.3 is 0 Å². The predicted molar refractivity (Wildman–Crippen MR) is 82.4 cm³/mol. The molecule has 1 aromatic heterocycles. The summed E-state index contributed by atoms with van der Waals surface area (Å²) in [6.45, 7) is 11.6. The van der Waals surface area contributed by atoms with Crippen LogP contribution in [0.15, 0.2) is 10.7 Å². The number of nitrogens with zero attached hydrogens (tertiary/aromatic N) is 2. The van der Waals surface area contributed by atoms with Crippen LogP contribution < -0.4 is 5.32 Å². The van der Waals surface area contributed by atoms with Crippen LogP contribution >= 0.6 is 15.9 Å². The highest BCUT2D eigenvalue weighted by Crippen LogP contribution is 2.34. The smallest absolute Gasteiger partial charge is 0.0832 e. The molecule has 0 saturated heterocycles. The first-order chi connectivity index (χ1) is 8.85. The lowest BCUT2D eigenvalue weighted by atomic mass is 9.95. The fraction of sp³-hybridized carbons (Fsp3) is 0.786. The first-order valence-electron chi connectivity index (χ1n) is 6.86. The van der Waals surface area contributed by atoms with E-state index in [2.05, 4.69) is 65.6 Å². The maximum Gasteiger partial charge on any atom is 0.0832 e. The minimum absolute atomic E-state index is 0.0942. The summed E-state index contributed by atoms with van der Waals surface area (Å²) >= 11 is 3.62. The molecule has 0 aromatic carbocycles. The van der Waals surface area contributed by atoms with Crippen molar-refractivity contribution in [2.45, 2.75) is 58.7 Å². The third kappa shape index (κ3) is 3.80. The molecule has 0 bridgehead atoms. The van der Waals surface area contributed by atoms with E-state index in [-0.39, 0.29) is 11.6 Å². The maximum atomic E-state index is 5.69. The molecule has 1 unspecified atom stereocenters. The number of halogens is 1. The molecule has 0 aliphatic rings. The molecule has 19 heavy (non-hydrogen) atoms. The van der Waals surface area contributed by atoms with Gasteiger partial charge < -0.3 is 10.1 Å². The maximum absolute atomic E-state index is 5.69. The highest BCUT2D eigenvalue weighted by molar-refractivity contribution is 9.10. The molecule has 1 heterocycles. The van der Waals surface area contributed by atoms with E-state index in [0.717, 1.165) is 23.1 Å². The highest BCUT2D eigenvalue weighted by atomic mass is 79.9. The summed E-state index contributed by atoms with van der Waals surface area (Å²) in [6, 6.07) is 0.414. The van der Waals surface area contributed by atoms with Gasteiger partial charge in [-0.25, -0.2) is 0 Å². The van der Waals surface area contributed by atoms with E-state index >= 15 is 0 Å². The summed E-state index contributed by atoms with van der Waals surface area (Å²) in [4.78, 5) is 0. The predicted octanol–water partition coefficient (Wildman–Crippen LogP) is 3.69. The Bertz CT molecular complexity index is 401. The Labute approximate surface area is 125 Å². The lowest BCUT2D eigenvalue weighted by Gasteiger charge is -2.35. The van der Waals surface area contributed by atoms with Crippen molar-refractivity contribution in [2.24, 2.45) is 0 Å². The van der Waals surface area contributed by atoms with Crippen molar-refractivity contribution >= 4 is 15.9 Å². The molecule has 1 N–H and O–H groups in total. The summed E-state index contributed by atoms with van der Waals surface area (Å²) in [6.07, 6.45) is 2.95. The fourth-order valence-electron chi connectivity index (χ4n) is 2.11. The zero-order valence-corrected chi connectivity index (χ0v) is 14.4. The quantitative estimate of drug-likeness (QED) is 0.828. The topological polar surface area (TPSA) is 39.1 Å². The monoisotopic (exact) mass is 331 g/mol. The molecule has 5 heteroatoms. The molecule has 0 fully saturated rings. The van der Waals surface area contributed by atoms with Crippen LogP contribution in [0.25, 0.3) is 0 Å². The summed E-state index contributed by atoms with van der Waals surface area (Å²) in [5.41, 5.74) is 0.847. The third-order valence-corrected chi connectivity index (χ3v) is 3.98. The van der Waals surface area contributed by atoms with Crippen LogP contribution in [0.5, 0.6) is 0 Å². The van der Waals surface area contributed by atoms with E-state index in [0.29, 0.717) is 6.04 Å². The van der Waals surface area contributed by atoms with Crippen LogP contribution in [-0.4, -0.2) is 29.0 Å². The van der Waals surface area contributed by atoms with Gasteiger partial charge in [0.25, 0.3) is 0 Å². The molecule has 1 atom stereocenters. The van der Waals surface area contributed by atoms with E-state index < -0.39 is 0 Å². The second-order valence-electron chi connectivity index (χ2n) is 5.61. The standard InChI is InChI=1S/C14H26BrN3O/c1-7-8-16-13(14(4,5)19-6)12-11(15)9-17-18(12)10(2)3/h9-10,13,16H,7-8H2,1-6H3. The molecule has 1 aromatic rings. The minimum atomic E-state index is -0.301. The number of rotatable bonds is 7. The second-order valence-corrected chi connectivity index (χ2v) is 6.47. The zero-order valence-electron chi connectivity index (χ0n) is 12.8. The number of nitrogens with one attached hydrogen (secondary N) is 1. The van der Waals surface area contributed by atoms with Crippen molar-refractivity contribution in [3.63, 3.8) is 0 Å². The normalized spacial score (nSPS) is 14.1. The van der Waals surface area contributed by atoms with Gasteiger partial charge in [0.1, 0.15) is 0 Å². The number of hydrogen-bond donors (Lipinski definition) is 1. The van der Waals surface area contributed by atoms with Crippen LogP contribution in [-0.2, 0) is 4.74 Å². The molecular formula is C14H26BrN3O. The Morgan fingerprint density at radius 3 is 2.58 bits per heavy atom. The van der Waals surface area contributed by atoms with E-state index in [1.54, 1.807) is 7.11 Å². The Balaban J connectivity index is 3.20. The molecule has 1 rings (SSSR count). The van der Waals surface area contributed by atoms with Gasteiger partial charge in [0, 0.05) is 13.2 Å². The van der Waals surface area contributed by atoms with Crippen LogP contribution in [0.1, 0.15) is 58.8 Å². The van der Waals surface area contributed by atoms with Crippen LogP contribution in [0, 0.1) is 0 Å². The van der Waals surface area contributed by atoms with Crippen molar-refractivity contribution in [2.75, 3.05) is 13.7 Å². The SMILES string of the molecule is CCCNC(c1c(Br)cnn1C(C)C)C(C)(C)OC. The summed E-state index contributed by atoms with van der Waals surface area (Å²) in [7, 11) is 1.75. The zero-order chi connectivity index (χ0) is 14.6. The van der Waals surface area contributed by atoms with E-state index in [9.17, 15) is 0 Å². The molecule has 0 aliphatic heterocycles. The lowest BCUT2D eigenvalue weighted by molar-refractivity contribution is -0.0139. The first kappa shape index (κ1) is 16.7. The van der Waals surface area contributed by atoms with Gasteiger partial charge in [-0.1, -0.05) is 6.92 Å². The van der Waals surface area contributed by atoms with E-state index in [1.165, 1.54) is 0 Å². The van der Waals surface area contributed by atoms with Gasteiger partial charge in [-0.15, -0.1) is 0 Å². The Hall–Kier alpha value is -0.390. The number of hydrogen-bond acceptors (Lipinski definition) is 3. The Morgan fingerprint density at radius 1 is 1.47 bits per heavy atom. The number of methoxy groups -OCH3 is 1. The average Bonchev–Trinajstić information content (AvgIpc) is 2.72. The summed E-state index contributed by atoms with van der Waals surface area (Å²) in [5, 5.41) is 8.05. The van der Waals surface area contributed by atoms with Gasteiger partial charge in [0.15, 0.2) is 0 Å². The van der Waals surface area contributed by atoms with Crippen molar-refractivity contribution in [3.05, 3.63) is 16.4 Å². The summed E-state index contributed by atoms with van der Waals surface area (Å²) in [5.74, 6) is 0. The van der Waals surface area contributed by atoms with Crippen molar-refractivity contribution in [1.82, 2.24) is 15.1 Å². The average molecular weight is 332 g/mol. The van der Waals surface area contributed by atoms with Gasteiger partial charge in [0.2, 0.25) is 0 Å². The molecule has 0 aliphatic carbocycles. The lowest BCUT2D eigenvalue weighted by Crippen LogP contribution is -2.42. The van der Waals surface area contributed by atoms with Gasteiger partial charge in [-0.2, -0.15) is 5.10 Å². The first-order valence-corrected chi connectivity index (χ1v) is 7.65. The molecule has 0 saturated carbocycles. The Morgan fingerprint density at radius 2 is 2.11 bits per heavy atom. The van der Waals surface area contributed by atoms with Crippen LogP contribution in [0.3, 0.4) is 0 Å². The third-order valence-electron chi connectivity index (χ3n) is 3.37. The van der Waals surface area contributed by atoms with Crippen molar-refractivity contribution in [1.29, 1.82) is 0 Å². The molecule has 0 amide bonds. The highest BCUT2D eigenvalue weighted by Gasteiger charge is 2.34. The van der Waals surface area contributed by atoms with Crippen LogP contribution in [0.4, 0.5) is 0 Å². The van der Waals surface area contributed by atoms with Gasteiger partial charge in [-0.3, -0.25) is 4.68 Å². The van der Waals surface area contributed by atoms with Crippen LogP contribution in [0.2, 0.25) is 0 Å². The van der Waals surface area contributed by atoms with Gasteiger partial charge in [0.05, 0.1) is 28.0 Å². The molecule has 0 radical (unpaired) electrons. The molecule has 110 valence electrons. The fourth-order valence-corrected chi connectivity index (χ4v) is 2.61. The largest absolute Gasteiger partial charge is 0.377 e. The summed E-state index contributed by atoms with van der Waals surface area (Å²) < 4.78 is 8.77. The van der Waals surface area contributed by atoms with E-state index in [1.807, 2.05) is 6.20 Å². The van der Waals surface area contributed by atoms with E-state index in [4.69, 9.17) is 4.74 Å². The molecular weight excluding hydrogens is 306 g/mol. The molecule has 0 spiro atoms.